The number of rotatable bonds is 6. The molecule has 5 nitrogen and oxygen atoms in total. The Hall–Kier alpha value is -2.18. The third kappa shape index (κ3) is 4.40. The molecule has 1 unspecified atom stereocenters. The molecule has 2 rings (SSSR count). The van der Waals surface area contributed by atoms with Crippen LogP contribution in [0.25, 0.3) is 0 Å². The van der Waals surface area contributed by atoms with Gasteiger partial charge in [0.05, 0.1) is 4.88 Å². The summed E-state index contributed by atoms with van der Waals surface area (Å²) in [5.74, 6) is -0.145. The number of likely N-dealkylation sites (N-methyl/N-ethyl adjacent to an activating group) is 1. The van der Waals surface area contributed by atoms with Crippen LogP contribution in [-0.2, 0) is 6.54 Å². The molecule has 1 aromatic carbocycles. The molecule has 0 saturated carbocycles. The first-order valence-electron chi connectivity index (χ1n) is 7.40. The van der Waals surface area contributed by atoms with Crippen molar-refractivity contribution >= 4 is 23.2 Å². The standard InChI is InChI=1S/C17H21N3O2S/c1-12(10-18)20(2)17(22)14-7-5-13(6-8-14)11-19-16(21)15-4-3-9-23-15/h3-9,12H,10-11,18H2,1-2H3,(H,19,21). The minimum Gasteiger partial charge on any atom is -0.347 e. The van der Waals surface area contributed by atoms with Crippen LogP contribution < -0.4 is 11.1 Å². The largest absolute Gasteiger partial charge is 0.347 e. The van der Waals surface area contributed by atoms with Crippen LogP contribution in [0, 0.1) is 0 Å². The lowest BCUT2D eigenvalue weighted by atomic mass is 10.1. The molecule has 0 spiro atoms. The highest BCUT2D eigenvalue weighted by molar-refractivity contribution is 7.12. The third-order valence-corrected chi connectivity index (χ3v) is 4.59. The molecule has 1 heterocycles. The van der Waals surface area contributed by atoms with Gasteiger partial charge in [-0.15, -0.1) is 11.3 Å². The van der Waals surface area contributed by atoms with Crippen molar-refractivity contribution in [1.29, 1.82) is 0 Å². The first-order chi connectivity index (χ1) is 11.0. The summed E-state index contributed by atoms with van der Waals surface area (Å²) in [5, 5.41) is 4.73. The number of nitrogens with one attached hydrogen (secondary N) is 1. The van der Waals surface area contributed by atoms with E-state index in [1.807, 2.05) is 30.5 Å². The van der Waals surface area contributed by atoms with E-state index in [1.54, 1.807) is 30.1 Å². The van der Waals surface area contributed by atoms with Gasteiger partial charge in [-0.05, 0) is 36.1 Å². The summed E-state index contributed by atoms with van der Waals surface area (Å²) >= 11 is 1.41. The predicted octanol–water partition coefficient (Wildman–Crippen LogP) is 2.10. The minimum atomic E-state index is -0.0864. The first kappa shape index (κ1) is 17.2. The molecule has 2 amide bonds. The number of nitrogens with zero attached hydrogens (tertiary/aromatic N) is 1. The molecule has 122 valence electrons. The van der Waals surface area contributed by atoms with E-state index in [0.717, 1.165) is 5.56 Å². The molecule has 0 fully saturated rings. The van der Waals surface area contributed by atoms with Crippen LogP contribution in [0.15, 0.2) is 41.8 Å². The van der Waals surface area contributed by atoms with E-state index < -0.39 is 0 Å². The molecule has 3 N–H and O–H groups in total. The molecule has 1 aromatic heterocycles. The van der Waals surface area contributed by atoms with Crippen LogP contribution in [0.2, 0.25) is 0 Å². The molecule has 0 aliphatic heterocycles. The Balaban J connectivity index is 1.94. The number of hydrogen-bond acceptors (Lipinski definition) is 4. The van der Waals surface area contributed by atoms with Gasteiger partial charge in [0.2, 0.25) is 0 Å². The Labute approximate surface area is 140 Å². The van der Waals surface area contributed by atoms with Crippen LogP contribution in [0.4, 0.5) is 0 Å². The summed E-state index contributed by atoms with van der Waals surface area (Å²) in [4.78, 5) is 26.5. The molecule has 0 radical (unpaired) electrons. The second kappa shape index (κ2) is 7.89. The van der Waals surface area contributed by atoms with Crippen molar-refractivity contribution in [1.82, 2.24) is 10.2 Å². The summed E-state index contributed by atoms with van der Waals surface area (Å²) in [6, 6.07) is 10.9. The van der Waals surface area contributed by atoms with Gasteiger partial charge in [0.15, 0.2) is 0 Å². The lowest BCUT2D eigenvalue weighted by Crippen LogP contribution is -2.39. The minimum absolute atomic E-state index is 0.00717. The molecule has 0 aliphatic carbocycles. The van der Waals surface area contributed by atoms with Crippen molar-refractivity contribution in [3.63, 3.8) is 0 Å². The second-order valence-electron chi connectivity index (χ2n) is 5.36. The lowest BCUT2D eigenvalue weighted by Gasteiger charge is -2.23. The highest BCUT2D eigenvalue weighted by Crippen LogP contribution is 2.10. The van der Waals surface area contributed by atoms with E-state index in [4.69, 9.17) is 5.73 Å². The Morgan fingerprint density at radius 3 is 2.52 bits per heavy atom. The third-order valence-electron chi connectivity index (χ3n) is 3.72. The average molecular weight is 331 g/mol. The zero-order chi connectivity index (χ0) is 16.8. The summed E-state index contributed by atoms with van der Waals surface area (Å²) in [7, 11) is 1.75. The zero-order valence-electron chi connectivity index (χ0n) is 13.3. The van der Waals surface area contributed by atoms with Gasteiger partial charge in [-0.3, -0.25) is 9.59 Å². The summed E-state index contributed by atoms with van der Waals surface area (Å²) in [6.07, 6.45) is 0. The first-order valence-corrected chi connectivity index (χ1v) is 8.28. The fourth-order valence-corrected chi connectivity index (χ4v) is 2.64. The Morgan fingerprint density at radius 1 is 1.26 bits per heavy atom. The maximum Gasteiger partial charge on any atom is 0.261 e. The van der Waals surface area contributed by atoms with E-state index in [2.05, 4.69) is 5.32 Å². The zero-order valence-corrected chi connectivity index (χ0v) is 14.1. The maximum atomic E-state index is 12.3. The summed E-state index contributed by atoms with van der Waals surface area (Å²) in [5.41, 5.74) is 7.15. The van der Waals surface area contributed by atoms with Gasteiger partial charge < -0.3 is 16.0 Å². The molecular weight excluding hydrogens is 310 g/mol. The number of carbonyl (C=O) groups is 2. The predicted molar refractivity (Wildman–Crippen MR) is 92.5 cm³/mol. The quantitative estimate of drug-likeness (QED) is 0.851. The highest BCUT2D eigenvalue weighted by atomic mass is 32.1. The normalized spacial score (nSPS) is 11.8. The Bertz CT molecular complexity index is 653. The fourth-order valence-electron chi connectivity index (χ4n) is 2.00. The van der Waals surface area contributed by atoms with Crippen molar-refractivity contribution < 1.29 is 9.59 Å². The van der Waals surface area contributed by atoms with Gasteiger partial charge in [-0.2, -0.15) is 0 Å². The fraction of sp³-hybridized carbons (Fsp3) is 0.294. The number of benzene rings is 1. The topological polar surface area (TPSA) is 75.4 Å². The Morgan fingerprint density at radius 2 is 1.96 bits per heavy atom. The van der Waals surface area contributed by atoms with Gasteiger partial charge in [0, 0.05) is 31.7 Å². The van der Waals surface area contributed by atoms with E-state index in [0.29, 0.717) is 23.5 Å². The summed E-state index contributed by atoms with van der Waals surface area (Å²) in [6.45, 7) is 2.77. The van der Waals surface area contributed by atoms with Crippen LogP contribution >= 0.6 is 11.3 Å². The van der Waals surface area contributed by atoms with Gasteiger partial charge in [-0.1, -0.05) is 18.2 Å². The van der Waals surface area contributed by atoms with Gasteiger partial charge in [0.25, 0.3) is 11.8 Å². The second-order valence-corrected chi connectivity index (χ2v) is 6.31. The number of thiophene rings is 1. The number of nitrogens with two attached hydrogens (primary N) is 1. The monoisotopic (exact) mass is 331 g/mol. The van der Waals surface area contributed by atoms with E-state index in [9.17, 15) is 9.59 Å². The van der Waals surface area contributed by atoms with Crippen LogP contribution in [-0.4, -0.2) is 36.3 Å². The summed E-state index contributed by atoms with van der Waals surface area (Å²) < 4.78 is 0. The SMILES string of the molecule is CC(CN)N(C)C(=O)c1ccc(CNC(=O)c2cccs2)cc1. The number of hydrogen-bond donors (Lipinski definition) is 2. The smallest absolute Gasteiger partial charge is 0.261 e. The highest BCUT2D eigenvalue weighted by Gasteiger charge is 2.16. The van der Waals surface area contributed by atoms with Crippen molar-refractivity contribution in [3.8, 4) is 0 Å². The van der Waals surface area contributed by atoms with E-state index in [1.165, 1.54) is 11.3 Å². The van der Waals surface area contributed by atoms with Crippen molar-refractivity contribution in [3.05, 3.63) is 57.8 Å². The number of amides is 2. The molecule has 2 aromatic rings. The van der Waals surface area contributed by atoms with Gasteiger partial charge in [0.1, 0.15) is 0 Å². The molecule has 0 aliphatic rings. The van der Waals surface area contributed by atoms with Gasteiger partial charge in [-0.25, -0.2) is 0 Å². The molecular formula is C17H21N3O2S. The van der Waals surface area contributed by atoms with Crippen molar-refractivity contribution in [2.75, 3.05) is 13.6 Å². The maximum absolute atomic E-state index is 12.3. The van der Waals surface area contributed by atoms with Crippen LogP contribution in [0.1, 0.15) is 32.5 Å². The lowest BCUT2D eigenvalue weighted by molar-refractivity contribution is 0.0748. The molecule has 6 heteroatoms. The van der Waals surface area contributed by atoms with Crippen LogP contribution in [0.5, 0.6) is 0 Å². The number of carbonyl (C=O) groups excluding carboxylic acids is 2. The molecule has 23 heavy (non-hydrogen) atoms. The molecule has 1 atom stereocenters. The molecule has 0 saturated heterocycles. The molecule has 0 bridgehead atoms. The average Bonchev–Trinajstić information content (AvgIpc) is 3.12. The van der Waals surface area contributed by atoms with Gasteiger partial charge >= 0.3 is 0 Å². The van der Waals surface area contributed by atoms with Crippen LogP contribution in [0.3, 0.4) is 0 Å². The van der Waals surface area contributed by atoms with Crippen molar-refractivity contribution in [2.45, 2.75) is 19.5 Å². The van der Waals surface area contributed by atoms with E-state index in [-0.39, 0.29) is 17.9 Å². The van der Waals surface area contributed by atoms with Crippen molar-refractivity contribution in [2.24, 2.45) is 5.73 Å². The van der Waals surface area contributed by atoms with E-state index >= 15 is 0 Å². The Kier molecular flexibility index (Phi) is 5.90.